The second-order valence-electron chi connectivity index (χ2n) is 8.53. The van der Waals surface area contributed by atoms with Gasteiger partial charge < -0.3 is 19.7 Å². The van der Waals surface area contributed by atoms with Gasteiger partial charge in [0.1, 0.15) is 0 Å². The number of aliphatic hydroxyl groups excluding tert-OH is 2. The number of ether oxygens (including phenoxy) is 2. The van der Waals surface area contributed by atoms with Crippen LogP contribution in [0.25, 0.3) is 21.5 Å². The maximum atomic E-state index is 12.3. The first-order chi connectivity index (χ1) is 17.3. The van der Waals surface area contributed by atoms with Crippen molar-refractivity contribution < 1.29 is 29.3 Å². The number of fused-ring (bicyclic) bond motifs is 2. The molecule has 186 valence electrons. The molecule has 4 aromatic rings. The molecule has 4 atom stereocenters. The van der Waals surface area contributed by atoms with Gasteiger partial charge in [-0.15, -0.1) is 0 Å². The lowest BCUT2D eigenvalue weighted by molar-refractivity contribution is -0.178. The molecule has 0 bridgehead atoms. The quantitative estimate of drug-likeness (QED) is 0.207. The van der Waals surface area contributed by atoms with Crippen LogP contribution in [0.15, 0.2) is 84.9 Å². The SMILES string of the molecule is N[C@@H](Cc1cccc2ccccc12)OC(=O)C(O)C(O)C(=O)O[C@@H](N)Cc1cccc2ccccc12. The van der Waals surface area contributed by atoms with E-state index in [2.05, 4.69) is 0 Å². The monoisotopic (exact) mass is 488 g/mol. The molecule has 0 aliphatic carbocycles. The van der Waals surface area contributed by atoms with Crippen LogP contribution in [0.4, 0.5) is 0 Å². The van der Waals surface area contributed by atoms with E-state index in [0.29, 0.717) is 0 Å². The summed E-state index contributed by atoms with van der Waals surface area (Å²) in [4.78, 5) is 24.7. The van der Waals surface area contributed by atoms with E-state index < -0.39 is 36.6 Å². The fourth-order valence-corrected chi connectivity index (χ4v) is 4.15. The highest BCUT2D eigenvalue weighted by Crippen LogP contribution is 2.21. The van der Waals surface area contributed by atoms with Crippen LogP contribution in [0.3, 0.4) is 0 Å². The molecule has 0 aliphatic rings. The summed E-state index contributed by atoms with van der Waals surface area (Å²) in [6.07, 6.45) is -6.21. The Morgan fingerprint density at radius 3 is 1.39 bits per heavy atom. The van der Waals surface area contributed by atoms with Crippen molar-refractivity contribution >= 4 is 33.5 Å². The molecule has 6 N–H and O–H groups in total. The van der Waals surface area contributed by atoms with Gasteiger partial charge in [0, 0.05) is 12.8 Å². The molecule has 36 heavy (non-hydrogen) atoms. The number of rotatable bonds is 9. The van der Waals surface area contributed by atoms with Gasteiger partial charge in [0.25, 0.3) is 0 Å². The van der Waals surface area contributed by atoms with E-state index in [9.17, 15) is 19.8 Å². The molecule has 0 fully saturated rings. The number of carbonyl (C=O) groups is 2. The van der Waals surface area contributed by atoms with Crippen molar-refractivity contribution in [3.63, 3.8) is 0 Å². The molecular weight excluding hydrogens is 460 g/mol. The van der Waals surface area contributed by atoms with Crippen molar-refractivity contribution in [3.8, 4) is 0 Å². The van der Waals surface area contributed by atoms with Crippen LogP contribution in [-0.2, 0) is 31.9 Å². The van der Waals surface area contributed by atoms with E-state index >= 15 is 0 Å². The van der Waals surface area contributed by atoms with Crippen LogP contribution >= 0.6 is 0 Å². The van der Waals surface area contributed by atoms with Crippen molar-refractivity contribution in [1.82, 2.24) is 0 Å². The second-order valence-corrected chi connectivity index (χ2v) is 8.53. The number of aliphatic hydroxyl groups is 2. The van der Waals surface area contributed by atoms with E-state index in [1.165, 1.54) is 0 Å². The van der Waals surface area contributed by atoms with Crippen LogP contribution in [0.1, 0.15) is 11.1 Å². The molecule has 2 unspecified atom stereocenters. The molecule has 0 saturated carbocycles. The predicted molar refractivity (Wildman–Crippen MR) is 135 cm³/mol. The molecule has 8 heteroatoms. The third-order valence-electron chi connectivity index (χ3n) is 5.92. The highest BCUT2D eigenvalue weighted by atomic mass is 16.6. The molecular formula is C28H28N2O6. The van der Waals surface area contributed by atoms with Crippen molar-refractivity contribution in [1.29, 1.82) is 0 Å². The molecule has 0 amide bonds. The minimum atomic E-state index is -2.18. The number of benzene rings is 4. The van der Waals surface area contributed by atoms with E-state index in [-0.39, 0.29) is 12.8 Å². The third kappa shape index (κ3) is 5.87. The van der Waals surface area contributed by atoms with Crippen molar-refractivity contribution in [2.75, 3.05) is 0 Å². The van der Waals surface area contributed by atoms with Gasteiger partial charge >= 0.3 is 11.9 Å². The summed E-state index contributed by atoms with van der Waals surface area (Å²) < 4.78 is 10.1. The minimum Gasteiger partial charge on any atom is -0.444 e. The first kappa shape index (κ1) is 25.3. The van der Waals surface area contributed by atoms with Crippen molar-refractivity contribution in [3.05, 3.63) is 96.1 Å². The third-order valence-corrected chi connectivity index (χ3v) is 5.92. The van der Waals surface area contributed by atoms with Crippen molar-refractivity contribution in [2.45, 2.75) is 37.5 Å². The first-order valence-electron chi connectivity index (χ1n) is 11.5. The van der Waals surface area contributed by atoms with Gasteiger partial charge in [-0.3, -0.25) is 11.5 Å². The molecule has 8 nitrogen and oxygen atoms in total. The Balaban J connectivity index is 1.32. The molecule has 0 aliphatic heterocycles. The number of hydrogen-bond donors (Lipinski definition) is 4. The van der Waals surface area contributed by atoms with Gasteiger partial charge in [0.2, 0.25) is 0 Å². The smallest absolute Gasteiger partial charge is 0.339 e. The zero-order chi connectivity index (χ0) is 25.7. The minimum absolute atomic E-state index is 0.177. The average Bonchev–Trinajstić information content (AvgIpc) is 2.88. The Morgan fingerprint density at radius 1 is 0.611 bits per heavy atom. The summed E-state index contributed by atoms with van der Waals surface area (Å²) in [5.41, 5.74) is 13.6. The maximum Gasteiger partial charge on any atom is 0.339 e. The number of hydrogen-bond acceptors (Lipinski definition) is 8. The highest BCUT2D eigenvalue weighted by Gasteiger charge is 2.34. The van der Waals surface area contributed by atoms with Gasteiger partial charge in [-0.25, -0.2) is 9.59 Å². The summed E-state index contributed by atoms with van der Waals surface area (Å²) in [7, 11) is 0. The molecule has 0 heterocycles. The van der Waals surface area contributed by atoms with E-state index in [0.717, 1.165) is 32.7 Å². The van der Waals surface area contributed by atoms with Crippen LogP contribution in [0.2, 0.25) is 0 Å². The highest BCUT2D eigenvalue weighted by molar-refractivity contribution is 5.87. The van der Waals surface area contributed by atoms with Gasteiger partial charge in [0.05, 0.1) is 0 Å². The number of carbonyl (C=O) groups excluding carboxylic acids is 2. The van der Waals surface area contributed by atoms with Gasteiger partial charge in [-0.2, -0.15) is 0 Å². The summed E-state index contributed by atoms with van der Waals surface area (Å²) in [5.74, 6) is -2.48. The van der Waals surface area contributed by atoms with Crippen molar-refractivity contribution in [2.24, 2.45) is 11.5 Å². The Kier molecular flexibility index (Phi) is 7.92. The fourth-order valence-electron chi connectivity index (χ4n) is 4.15. The second kappa shape index (κ2) is 11.3. The molecule has 0 saturated heterocycles. The van der Waals surface area contributed by atoms with Crippen LogP contribution in [0.5, 0.6) is 0 Å². The Hall–Kier alpha value is -3.82. The normalized spacial score (nSPS) is 14.7. The lowest BCUT2D eigenvalue weighted by Gasteiger charge is -2.21. The van der Waals surface area contributed by atoms with Crippen LogP contribution in [0, 0.1) is 0 Å². The Labute approximate surface area is 208 Å². The van der Waals surface area contributed by atoms with E-state index in [1.54, 1.807) is 0 Å². The standard InChI is InChI=1S/C28H28N2O6/c29-23(15-19-11-5-9-17-7-1-3-13-21(17)19)35-27(33)25(31)26(32)28(34)36-24(30)16-20-12-6-10-18-8-2-4-14-22(18)20/h1-14,23-26,31-32H,15-16,29-30H2/t23-,24-,25?,26?/m1/s1. The maximum absolute atomic E-state index is 12.3. The lowest BCUT2D eigenvalue weighted by Crippen LogP contribution is -2.46. The fraction of sp³-hybridized carbons (Fsp3) is 0.214. The predicted octanol–water partition coefficient (Wildman–Crippen LogP) is 2.16. The molecule has 0 aromatic heterocycles. The topological polar surface area (TPSA) is 145 Å². The summed E-state index contributed by atoms with van der Waals surface area (Å²) in [6.45, 7) is 0. The van der Waals surface area contributed by atoms with Gasteiger partial charge in [-0.1, -0.05) is 84.9 Å². The zero-order valence-electron chi connectivity index (χ0n) is 19.5. The molecule has 4 rings (SSSR count). The average molecular weight is 489 g/mol. The van der Waals surface area contributed by atoms with E-state index in [4.69, 9.17) is 20.9 Å². The van der Waals surface area contributed by atoms with Gasteiger partial charge in [0.15, 0.2) is 24.7 Å². The summed E-state index contributed by atoms with van der Waals surface area (Å²) in [6, 6.07) is 26.7. The lowest BCUT2D eigenvalue weighted by atomic mass is 10.0. The molecule has 0 spiro atoms. The van der Waals surface area contributed by atoms with E-state index in [1.807, 2.05) is 84.9 Å². The Bertz CT molecular complexity index is 1260. The van der Waals surface area contributed by atoms with Gasteiger partial charge in [-0.05, 0) is 32.7 Å². The zero-order valence-corrected chi connectivity index (χ0v) is 19.5. The van der Waals surface area contributed by atoms with Crippen LogP contribution in [-0.4, -0.2) is 46.8 Å². The first-order valence-corrected chi connectivity index (χ1v) is 11.5. The molecule has 0 radical (unpaired) electrons. The number of esters is 2. The van der Waals surface area contributed by atoms with Crippen LogP contribution < -0.4 is 11.5 Å². The summed E-state index contributed by atoms with van der Waals surface area (Å²) >= 11 is 0. The number of nitrogens with two attached hydrogens (primary N) is 2. The summed E-state index contributed by atoms with van der Waals surface area (Å²) in [5, 5.41) is 24.3. The molecule has 4 aromatic carbocycles. The largest absolute Gasteiger partial charge is 0.444 e. The Morgan fingerprint density at radius 2 is 0.972 bits per heavy atom.